The molecule has 2 heterocycles. The summed E-state index contributed by atoms with van der Waals surface area (Å²) in [4.78, 5) is 30.0. The van der Waals surface area contributed by atoms with E-state index >= 15 is 0 Å². The van der Waals surface area contributed by atoms with Gasteiger partial charge in [-0.05, 0) is 49.1 Å². The van der Waals surface area contributed by atoms with E-state index in [1.165, 1.54) is 11.1 Å². The molecule has 4 nitrogen and oxygen atoms in total. The topological polar surface area (TPSA) is 40.6 Å². The first-order valence-corrected chi connectivity index (χ1v) is 9.26. The molecule has 1 saturated heterocycles. The Balaban J connectivity index is 1.47. The fraction of sp³-hybridized carbons (Fsp3) is 0.600. The molecule has 1 aromatic carbocycles. The minimum atomic E-state index is -0.729. The Labute approximate surface area is 143 Å². The van der Waals surface area contributed by atoms with Crippen LogP contribution in [0.1, 0.15) is 43.7 Å². The Bertz CT molecular complexity index is 657. The van der Waals surface area contributed by atoms with Crippen LogP contribution in [0.4, 0.5) is 0 Å². The minimum absolute atomic E-state index is 0.0700. The van der Waals surface area contributed by atoms with Crippen LogP contribution >= 0.6 is 0 Å². The zero-order valence-corrected chi connectivity index (χ0v) is 14.5. The van der Waals surface area contributed by atoms with Crippen molar-refractivity contribution in [2.45, 2.75) is 45.6 Å². The molecule has 128 valence electrons. The zero-order valence-electron chi connectivity index (χ0n) is 14.5. The lowest BCUT2D eigenvalue weighted by Gasteiger charge is -2.36. The highest BCUT2D eigenvalue weighted by Gasteiger charge is 2.59. The molecule has 0 aromatic heterocycles. The lowest BCUT2D eigenvalue weighted by molar-refractivity contribution is -0.150. The summed E-state index contributed by atoms with van der Waals surface area (Å²) in [6.07, 6.45) is 4.48. The molecule has 4 rings (SSSR count). The van der Waals surface area contributed by atoms with Gasteiger partial charge in [-0.1, -0.05) is 31.2 Å². The molecular formula is C20H26N2O2. The molecule has 0 spiro atoms. The van der Waals surface area contributed by atoms with Gasteiger partial charge in [-0.3, -0.25) is 9.59 Å². The number of nitrogens with zero attached hydrogens (tertiary/aromatic N) is 2. The van der Waals surface area contributed by atoms with E-state index in [1.807, 2.05) is 15.9 Å². The summed E-state index contributed by atoms with van der Waals surface area (Å²) in [5.41, 5.74) is 1.84. The number of amides is 2. The van der Waals surface area contributed by atoms with Gasteiger partial charge in [0.2, 0.25) is 11.8 Å². The van der Waals surface area contributed by atoms with Gasteiger partial charge in [-0.15, -0.1) is 0 Å². The Morgan fingerprint density at radius 2 is 1.58 bits per heavy atom. The van der Waals surface area contributed by atoms with Crippen LogP contribution in [0.5, 0.6) is 0 Å². The van der Waals surface area contributed by atoms with Crippen LogP contribution in [0.2, 0.25) is 0 Å². The van der Waals surface area contributed by atoms with Crippen molar-refractivity contribution < 1.29 is 9.59 Å². The molecule has 0 N–H and O–H groups in total. The number of likely N-dealkylation sites (tertiary alicyclic amines) is 1. The lowest BCUT2D eigenvalue weighted by Crippen LogP contribution is -2.49. The van der Waals surface area contributed by atoms with Crippen molar-refractivity contribution in [2.75, 3.05) is 19.6 Å². The lowest BCUT2D eigenvalue weighted by atomic mass is 9.94. The first-order valence-electron chi connectivity index (χ1n) is 9.26. The van der Waals surface area contributed by atoms with Crippen molar-refractivity contribution in [3.63, 3.8) is 0 Å². The van der Waals surface area contributed by atoms with E-state index in [4.69, 9.17) is 0 Å². The van der Waals surface area contributed by atoms with E-state index in [2.05, 4.69) is 25.1 Å². The molecule has 3 aliphatic rings. The average Bonchev–Trinajstić information content (AvgIpc) is 3.42. The highest BCUT2D eigenvalue weighted by molar-refractivity contribution is 6.07. The predicted octanol–water partition coefficient (Wildman–Crippen LogP) is 2.61. The van der Waals surface area contributed by atoms with Crippen molar-refractivity contribution in [3.8, 4) is 0 Å². The molecule has 4 heteroatoms. The van der Waals surface area contributed by atoms with Gasteiger partial charge in [0.1, 0.15) is 5.41 Å². The van der Waals surface area contributed by atoms with Crippen LogP contribution < -0.4 is 0 Å². The van der Waals surface area contributed by atoms with E-state index in [9.17, 15) is 9.59 Å². The first-order chi connectivity index (χ1) is 11.6. The summed E-state index contributed by atoms with van der Waals surface area (Å²) in [5.74, 6) is 0.859. The molecular weight excluding hydrogens is 300 g/mol. The predicted molar refractivity (Wildman–Crippen MR) is 92.2 cm³/mol. The highest BCUT2D eigenvalue weighted by atomic mass is 16.2. The summed E-state index contributed by atoms with van der Waals surface area (Å²) >= 11 is 0. The second-order valence-corrected chi connectivity index (χ2v) is 7.80. The Hall–Kier alpha value is -1.84. The fourth-order valence-corrected chi connectivity index (χ4v) is 4.13. The van der Waals surface area contributed by atoms with Gasteiger partial charge >= 0.3 is 0 Å². The number of carbonyl (C=O) groups excluding carboxylic acids is 2. The van der Waals surface area contributed by atoms with Crippen LogP contribution in [-0.2, 0) is 22.6 Å². The Kier molecular flexibility index (Phi) is 3.86. The van der Waals surface area contributed by atoms with E-state index in [1.54, 1.807) is 0 Å². The summed E-state index contributed by atoms with van der Waals surface area (Å²) in [7, 11) is 0. The van der Waals surface area contributed by atoms with Gasteiger partial charge in [0.25, 0.3) is 0 Å². The molecule has 0 radical (unpaired) electrons. The van der Waals surface area contributed by atoms with Crippen LogP contribution in [0.25, 0.3) is 0 Å². The third kappa shape index (κ3) is 2.62. The Morgan fingerprint density at radius 1 is 0.958 bits per heavy atom. The number of benzene rings is 1. The summed E-state index contributed by atoms with van der Waals surface area (Å²) in [5, 5.41) is 0. The van der Waals surface area contributed by atoms with Gasteiger partial charge in [0, 0.05) is 26.2 Å². The van der Waals surface area contributed by atoms with Gasteiger partial charge < -0.3 is 9.80 Å². The van der Waals surface area contributed by atoms with Crippen LogP contribution in [0.3, 0.4) is 0 Å². The van der Waals surface area contributed by atoms with E-state index in [-0.39, 0.29) is 11.8 Å². The van der Waals surface area contributed by atoms with Crippen molar-refractivity contribution in [1.29, 1.82) is 0 Å². The number of carbonyl (C=O) groups is 2. The maximum atomic E-state index is 13.1. The highest BCUT2D eigenvalue weighted by Crippen LogP contribution is 2.49. The molecule has 1 saturated carbocycles. The SMILES string of the molecule is CC1CCN(C(=O)C2(C(=O)N3CCc4ccccc4C3)CC2)CC1. The number of hydrogen-bond acceptors (Lipinski definition) is 2. The number of fused-ring (bicyclic) bond motifs is 1. The molecule has 0 bridgehead atoms. The molecule has 0 atom stereocenters. The van der Waals surface area contributed by atoms with Gasteiger partial charge in [0.05, 0.1) is 0 Å². The van der Waals surface area contributed by atoms with E-state index in [0.29, 0.717) is 12.5 Å². The van der Waals surface area contributed by atoms with Gasteiger partial charge in [0.15, 0.2) is 0 Å². The standard InChI is InChI=1S/C20H26N2O2/c1-15-6-11-21(12-7-15)18(23)20(9-10-20)19(24)22-13-8-16-4-2-3-5-17(16)14-22/h2-5,15H,6-14H2,1H3. The monoisotopic (exact) mass is 326 g/mol. The molecule has 24 heavy (non-hydrogen) atoms. The van der Waals surface area contributed by atoms with Gasteiger partial charge in [-0.2, -0.15) is 0 Å². The number of hydrogen-bond donors (Lipinski definition) is 0. The number of rotatable bonds is 2. The van der Waals surface area contributed by atoms with Crippen LogP contribution in [0.15, 0.2) is 24.3 Å². The second-order valence-electron chi connectivity index (χ2n) is 7.80. The van der Waals surface area contributed by atoms with Crippen LogP contribution in [-0.4, -0.2) is 41.2 Å². The fourth-order valence-electron chi connectivity index (χ4n) is 4.13. The molecule has 1 aromatic rings. The van der Waals surface area contributed by atoms with Gasteiger partial charge in [-0.25, -0.2) is 0 Å². The van der Waals surface area contributed by atoms with Crippen molar-refractivity contribution in [2.24, 2.45) is 11.3 Å². The summed E-state index contributed by atoms with van der Waals surface area (Å²) < 4.78 is 0. The minimum Gasteiger partial charge on any atom is -0.342 e. The molecule has 0 unspecified atom stereocenters. The maximum Gasteiger partial charge on any atom is 0.238 e. The maximum absolute atomic E-state index is 13.1. The van der Waals surface area contributed by atoms with Crippen molar-refractivity contribution in [3.05, 3.63) is 35.4 Å². The summed E-state index contributed by atoms with van der Waals surface area (Å²) in [6, 6.07) is 8.33. The summed E-state index contributed by atoms with van der Waals surface area (Å²) in [6.45, 7) is 5.27. The first kappa shape index (κ1) is 15.7. The Morgan fingerprint density at radius 3 is 2.25 bits per heavy atom. The molecule has 2 fully saturated rings. The van der Waals surface area contributed by atoms with E-state index in [0.717, 1.165) is 51.7 Å². The average molecular weight is 326 g/mol. The van der Waals surface area contributed by atoms with Crippen LogP contribution in [0, 0.1) is 11.3 Å². The second kappa shape index (κ2) is 5.91. The molecule has 1 aliphatic carbocycles. The normalized spacial score (nSPS) is 22.9. The smallest absolute Gasteiger partial charge is 0.238 e. The van der Waals surface area contributed by atoms with Crippen molar-refractivity contribution >= 4 is 11.8 Å². The zero-order chi connectivity index (χ0) is 16.7. The molecule has 2 aliphatic heterocycles. The van der Waals surface area contributed by atoms with E-state index < -0.39 is 5.41 Å². The quantitative estimate of drug-likeness (QED) is 0.784. The third-order valence-electron chi connectivity index (χ3n) is 6.06. The largest absolute Gasteiger partial charge is 0.342 e. The number of piperidine rings is 1. The molecule has 2 amide bonds. The third-order valence-corrected chi connectivity index (χ3v) is 6.06. The van der Waals surface area contributed by atoms with Crippen molar-refractivity contribution in [1.82, 2.24) is 9.80 Å².